The summed E-state index contributed by atoms with van der Waals surface area (Å²) < 4.78 is 2.11. The Kier molecular flexibility index (Phi) is 3.39. The van der Waals surface area contributed by atoms with Gasteiger partial charge in [-0.3, -0.25) is 4.79 Å². The van der Waals surface area contributed by atoms with Crippen molar-refractivity contribution in [2.45, 2.75) is 25.4 Å². The van der Waals surface area contributed by atoms with Crippen molar-refractivity contribution in [3.8, 4) is 0 Å². The molecule has 1 aliphatic carbocycles. The maximum absolute atomic E-state index is 12.6. The SMILES string of the molecule is O=C(Nc1ccccc1Cl)c1cnc2n1[C@@H](C1CC1)CNC2. The third kappa shape index (κ3) is 2.40. The fourth-order valence-electron chi connectivity index (χ4n) is 3.10. The summed E-state index contributed by atoms with van der Waals surface area (Å²) in [5.41, 5.74) is 1.25. The standard InChI is InChI=1S/C16H17ClN4O/c17-11-3-1-2-4-12(11)20-16(22)14-8-19-15-9-18-7-13(21(14)15)10-5-6-10/h1-4,8,10,13,18H,5-7,9H2,(H,20,22)/t13-/m1/s1. The van der Waals surface area contributed by atoms with E-state index in [0.29, 0.717) is 34.9 Å². The highest BCUT2D eigenvalue weighted by Gasteiger charge is 2.37. The molecule has 5 nitrogen and oxygen atoms in total. The van der Waals surface area contributed by atoms with Crippen LogP contribution in [0, 0.1) is 5.92 Å². The number of fused-ring (bicyclic) bond motifs is 1. The monoisotopic (exact) mass is 316 g/mol. The maximum atomic E-state index is 12.6. The van der Waals surface area contributed by atoms with E-state index in [-0.39, 0.29) is 5.91 Å². The minimum Gasteiger partial charge on any atom is -0.319 e. The van der Waals surface area contributed by atoms with E-state index >= 15 is 0 Å². The second kappa shape index (κ2) is 5.41. The predicted molar refractivity (Wildman–Crippen MR) is 85.1 cm³/mol. The molecule has 114 valence electrons. The Hall–Kier alpha value is -1.85. The van der Waals surface area contributed by atoms with Gasteiger partial charge in [-0.15, -0.1) is 0 Å². The van der Waals surface area contributed by atoms with Crippen LogP contribution in [0.5, 0.6) is 0 Å². The number of rotatable bonds is 3. The van der Waals surface area contributed by atoms with E-state index in [4.69, 9.17) is 11.6 Å². The molecule has 4 rings (SSSR count). The van der Waals surface area contributed by atoms with Gasteiger partial charge in [0.1, 0.15) is 11.5 Å². The molecular weight excluding hydrogens is 300 g/mol. The molecular formula is C16H17ClN4O. The van der Waals surface area contributed by atoms with Crippen LogP contribution in [-0.4, -0.2) is 22.0 Å². The van der Waals surface area contributed by atoms with Crippen LogP contribution in [-0.2, 0) is 6.54 Å². The number of halogens is 1. The number of hydrogen-bond acceptors (Lipinski definition) is 3. The lowest BCUT2D eigenvalue weighted by molar-refractivity contribution is 0.101. The number of nitrogens with one attached hydrogen (secondary N) is 2. The number of amides is 1. The van der Waals surface area contributed by atoms with Gasteiger partial charge in [-0.1, -0.05) is 23.7 Å². The molecule has 0 radical (unpaired) electrons. The van der Waals surface area contributed by atoms with Gasteiger partial charge in [0.2, 0.25) is 0 Å². The number of imidazole rings is 1. The highest BCUT2D eigenvalue weighted by atomic mass is 35.5. The summed E-state index contributed by atoms with van der Waals surface area (Å²) in [5, 5.41) is 6.81. The van der Waals surface area contributed by atoms with Crippen LogP contribution in [0.1, 0.15) is 35.2 Å². The summed E-state index contributed by atoms with van der Waals surface area (Å²) in [5.74, 6) is 1.44. The molecule has 2 N–H and O–H groups in total. The molecule has 22 heavy (non-hydrogen) atoms. The van der Waals surface area contributed by atoms with Crippen molar-refractivity contribution in [2.24, 2.45) is 5.92 Å². The molecule has 1 fully saturated rings. The Morgan fingerprint density at radius 3 is 2.95 bits per heavy atom. The van der Waals surface area contributed by atoms with Crippen molar-refractivity contribution in [1.29, 1.82) is 0 Å². The summed E-state index contributed by atoms with van der Waals surface area (Å²) in [4.78, 5) is 17.0. The fourth-order valence-corrected chi connectivity index (χ4v) is 3.28. The molecule has 1 amide bonds. The van der Waals surface area contributed by atoms with Crippen molar-refractivity contribution in [3.63, 3.8) is 0 Å². The first-order chi connectivity index (χ1) is 10.7. The highest BCUT2D eigenvalue weighted by Crippen LogP contribution is 2.41. The lowest BCUT2D eigenvalue weighted by Crippen LogP contribution is -2.36. The fraction of sp³-hybridized carbons (Fsp3) is 0.375. The van der Waals surface area contributed by atoms with Crippen molar-refractivity contribution < 1.29 is 4.79 Å². The molecule has 2 heterocycles. The van der Waals surface area contributed by atoms with Crippen molar-refractivity contribution in [2.75, 3.05) is 11.9 Å². The Morgan fingerprint density at radius 1 is 1.36 bits per heavy atom. The van der Waals surface area contributed by atoms with E-state index in [1.807, 2.05) is 12.1 Å². The number of hydrogen-bond donors (Lipinski definition) is 2. The molecule has 0 spiro atoms. The van der Waals surface area contributed by atoms with E-state index in [1.165, 1.54) is 12.8 Å². The van der Waals surface area contributed by atoms with Crippen molar-refractivity contribution in [3.05, 3.63) is 47.0 Å². The Bertz CT molecular complexity index is 723. The zero-order valence-corrected chi connectivity index (χ0v) is 12.8. The second-order valence-electron chi connectivity index (χ2n) is 5.90. The van der Waals surface area contributed by atoms with Crippen LogP contribution in [0.3, 0.4) is 0 Å². The molecule has 1 saturated carbocycles. The second-order valence-corrected chi connectivity index (χ2v) is 6.31. The van der Waals surface area contributed by atoms with Crippen LogP contribution < -0.4 is 10.6 Å². The third-order valence-corrected chi connectivity index (χ3v) is 4.69. The topological polar surface area (TPSA) is 59.0 Å². The van der Waals surface area contributed by atoms with Crippen LogP contribution >= 0.6 is 11.6 Å². The molecule has 0 unspecified atom stereocenters. The number of carbonyl (C=O) groups is 1. The van der Waals surface area contributed by atoms with E-state index in [1.54, 1.807) is 18.3 Å². The molecule has 1 aromatic carbocycles. The normalized spacial score (nSPS) is 20.5. The van der Waals surface area contributed by atoms with E-state index < -0.39 is 0 Å². The molecule has 6 heteroatoms. The molecule has 1 aromatic heterocycles. The lowest BCUT2D eigenvalue weighted by Gasteiger charge is -2.27. The quantitative estimate of drug-likeness (QED) is 0.915. The van der Waals surface area contributed by atoms with Crippen LogP contribution in [0.15, 0.2) is 30.5 Å². The zero-order chi connectivity index (χ0) is 15.1. The minimum absolute atomic E-state index is 0.153. The van der Waals surface area contributed by atoms with E-state index in [2.05, 4.69) is 20.2 Å². The average molecular weight is 317 g/mol. The smallest absolute Gasteiger partial charge is 0.273 e. The molecule has 0 saturated heterocycles. The Labute approximate surface area is 133 Å². The van der Waals surface area contributed by atoms with Crippen molar-refractivity contribution >= 4 is 23.2 Å². The molecule has 2 aliphatic rings. The van der Waals surface area contributed by atoms with Gasteiger partial charge in [0.25, 0.3) is 5.91 Å². The first kappa shape index (κ1) is 13.8. The van der Waals surface area contributed by atoms with Crippen LogP contribution in [0.2, 0.25) is 5.02 Å². The largest absolute Gasteiger partial charge is 0.319 e. The maximum Gasteiger partial charge on any atom is 0.273 e. The summed E-state index contributed by atoms with van der Waals surface area (Å²) in [6, 6.07) is 7.59. The van der Waals surface area contributed by atoms with E-state index in [9.17, 15) is 4.79 Å². The van der Waals surface area contributed by atoms with Gasteiger partial charge in [0.15, 0.2) is 0 Å². The minimum atomic E-state index is -0.153. The summed E-state index contributed by atoms with van der Waals surface area (Å²) >= 11 is 6.12. The zero-order valence-electron chi connectivity index (χ0n) is 12.1. The number of anilines is 1. The van der Waals surface area contributed by atoms with Gasteiger partial charge in [-0.05, 0) is 30.9 Å². The number of para-hydroxylation sites is 1. The van der Waals surface area contributed by atoms with Gasteiger partial charge in [0, 0.05) is 6.54 Å². The first-order valence-corrected chi connectivity index (χ1v) is 7.94. The number of nitrogens with zero attached hydrogens (tertiary/aromatic N) is 2. The Morgan fingerprint density at radius 2 is 2.18 bits per heavy atom. The van der Waals surface area contributed by atoms with E-state index in [0.717, 1.165) is 12.4 Å². The molecule has 1 atom stereocenters. The van der Waals surface area contributed by atoms with Gasteiger partial charge < -0.3 is 15.2 Å². The molecule has 0 bridgehead atoms. The lowest BCUT2D eigenvalue weighted by atomic mass is 10.1. The molecule has 2 aromatic rings. The van der Waals surface area contributed by atoms with Gasteiger partial charge in [-0.2, -0.15) is 0 Å². The number of benzene rings is 1. The summed E-state index contributed by atoms with van der Waals surface area (Å²) in [7, 11) is 0. The van der Waals surface area contributed by atoms with Crippen LogP contribution in [0.4, 0.5) is 5.69 Å². The van der Waals surface area contributed by atoms with Gasteiger partial charge in [-0.25, -0.2) is 4.98 Å². The highest BCUT2D eigenvalue weighted by molar-refractivity contribution is 6.33. The summed E-state index contributed by atoms with van der Waals surface area (Å²) in [6.07, 6.45) is 4.13. The Balaban J connectivity index is 1.64. The van der Waals surface area contributed by atoms with Gasteiger partial charge >= 0.3 is 0 Å². The summed E-state index contributed by atoms with van der Waals surface area (Å²) in [6.45, 7) is 1.61. The molecule has 1 aliphatic heterocycles. The predicted octanol–water partition coefficient (Wildman–Crippen LogP) is 2.84. The van der Waals surface area contributed by atoms with Crippen molar-refractivity contribution in [1.82, 2.24) is 14.9 Å². The number of aromatic nitrogens is 2. The van der Waals surface area contributed by atoms with Gasteiger partial charge in [0.05, 0.1) is 29.5 Å². The average Bonchev–Trinajstić information content (AvgIpc) is 3.27. The number of carbonyl (C=O) groups excluding carboxylic acids is 1. The van der Waals surface area contributed by atoms with Crippen LogP contribution in [0.25, 0.3) is 0 Å². The third-order valence-electron chi connectivity index (χ3n) is 4.36. The first-order valence-electron chi connectivity index (χ1n) is 7.57.